The maximum Gasteiger partial charge on any atom is 0.222 e. The van der Waals surface area contributed by atoms with Crippen molar-refractivity contribution in [1.82, 2.24) is 10.2 Å². The van der Waals surface area contributed by atoms with Crippen LogP contribution in [-0.4, -0.2) is 29.9 Å². The number of aryl methyl sites for hydroxylation is 1. The van der Waals surface area contributed by atoms with E-state index in [4.69, 9.17) is 4.42 Å². The third-order valence-corrected chi connectivity index (χ3v) is 5.17. The van der Waals surface area contributed by atoms with Gasteiger partial charge in [0.1, 0.15) is 11.3 Å². The first-order valence-corrected chi connectivity index (χ1v) is 9.11. The zero-order valence-electron chi connectivity index (χ0n) is 15.0. The van der Waals surface area contributed by atoms with Crippen LogP contribution in [0.15, 0.2) is 28.7 Å². The summed E-state index contributed by atoms with van der Waals surface area (Å²) in [6.07, 6.45) is 2.71. The number of carbonyl (C=O) groups excluding carboxylic acids is 1. The number of benzene rings is 1. The Morgan fingerprint density at radius 3 is 2.92 bits per heavy atom. The quantitative estimate of drug-likeness (QED) is 0.906. The lowest BCUT2D eigenvalue weighted by atomic mass is 9.89. The molecule has 1 aliphatic heterocycles. The predicted octanol–water partition coefficient (Wildman–Crippen LogP) is 3.87. The highest BCUT2D eigenvalue weighted by molar-refractivity contribution is 5.78. The van der Waals surface area contributed by atoms with Crippen molar-refractivity contribution < 1.29 is 9.21 Å². The van der Waals surface area contributed by atoms with Crippen molar-refractivity contribution in [3.05, 3.63) is 35.6 Å². The first kappa shape index (κ1) is 17.0. The van der Waals surface area contributed by atoms with Crippen LogP contribution in [0.1, 0.15) is 44.4 Å². The molecule has 4 nitrogen and oxygen atoms in total. The number of piperidine rings is 1. The fourth-order valence-corrected chi connectivity index (χ4v) is 3.70. The molecule has 2 unspecified atom stereocenters. The summed E-state index contributed by atoms with van der Waals surface area (Å²) in [5, 5.41) is 4.83. The molecule has 0 radical (unpaired) electrons. The molecular formula is C20H28N2O2. The van der Waals surface area contributed by atoms with Crippen molar-refractivity contribution in [2.75, 3.05) is 13.1 Å². The summed E-state index contributed by atoms with van der Waals surface area (Å²) in [4.78, 5) is 14.0. The van der Waals surface area contributed by atoms with E-state index in [1.165, 1.54) is 10.9 Å². The summed E-state index contributed by atoms with van der Waals surface area (Å²) in [6, 6.07) is 8.86. The molecule has 1 N–H and O–H groups in total. The molecule has 0 saturated carbocycles. The monoisotopic (exact) mass is 328 g/mol. The Balaban J connectivity index is 1.61. The zero-order valence-corrected chi connectivity index (χ0v) is 15.0. The Morgan fingerprint density at radius 2 is 2.17 bits per heavy atom. The minimum Gasteiger partial charge on any atom is -0.460 e. The average Bonchev–Trinajstić information content (AvgIpc) is 3.01. The van der Waals surface area contributed by atoms with Crippen LogP contribution in [0.25, 0.3) is 11.0 Å². The molecule has 3 rings (SSSR count). The number of nitrogens with zero attached hydrogens (tertiary/aromatic N) is 1. The first-order chi connectivity index (χ1) is 11.6. The van der Waals surface area contributed by atoms with Crippen LogP contribution in [0.3, 0.4) is 0 Å². The summed E-state index contributed by atoms with van der Waals surface area (Å²) in [7, 11) is 0. The molecule has 1 aliphatic rings. The lowest BCUT2D eigenvalue weighted by Gasteiger charge is -2.38. The molecular weight excluding hydrogens is 300 g/mol. The molecule has 1 aromatic carbocycles. The summed E-state index contributed by atoms with van der Waals surface area (Å²) in [6.45, 7) is 8.73. The second-order valence-electron chi connectivity index (χ2n) is 6.89. The maximum atomic E-state index is 11.9. The van der Waals surface area contributed by atoms with Gasteiger partial charge in [0.15, 0.2) is 0 Å². The van der Waals surface area contributed by atoms with E-state index < -0.39 is 0 Å². The summed E-state index contributed by atoms with van der Waals surface area (Å²) in [5.41, 5.74) is 2.20. The summed E-state index contributed by atoms with van der Waals surface area (Å²) in [5.74, 6) is 1.78. The molecule has 1 fully saturated rings. The van der Waals surface area contributed by atoms with Gasteiger partial charge in [-0.25, -0.2) is 0 Å². The van der Waals surface area contributed by atoms with Crippen molar-refractivity contribution in [1.29, 1.82) is 0 Å². The molecule has 0 aliphatic carbocycles. The van der Waals surface area contributed by atoms with E-state index in [9.17, 15) is 4.79 Å². The molecule has 1 saturated heterocycles. The molecule has 1 amide bonds. The Hall–Kier alpha value is -1.81. The second kappa shape index (κ2) is 7.39. The minimum atomic E-state index is 0.277. The van der Waals surface area contributed by atoms with Crippen LogP contribution in [0.4, 0.5) is 0 Å². The molecule has 4 heteroatoms. The van der Waals surface area contributed by atoms with E-state index in [-0.39, 0.29) is 5.91 Å². The van der Waals surface area contributed by atoms with Crippen LogP contribution >= 0.6 is 0 Å². The lowest BCUT2D eigenvalue weighted by Crippen LogP contribution is -2.50. The van der Waals surface area contributed by atoms with E-state index in [1.54, 1.807) is 0 Å². The SMILES string of the molecule is CCC(=O)N1CCC(NCc2cc3cc(C)ccc3o2)C(CC)C1. The van der Waals surface area contributed by atoms with Gasteiger partial charge in [0.25, 0.3) is 0 Å². The largest absolute Gasteiger partial charge is 0.460 e. The fraction of sp³-hybridized carbons (Fsp3) is 0.550. The van der Waals surface area contributed by atoms with Gasteiger partial charge in [0.2, 0.25) is 5.91 Å². The molecule has 0 bridgehead atoms. The topological polar surface area (TPSA) is 45.5 Å². The molecule has 2 heterocycles. The van der Waals surface area contributed by atoms with Gasteiger partial charge in [0, 0.05) is 30.9 Å². The number of hydrogen-bond acceptors (Lipinski definition) is 3. The highest BCUT2D eigenvalue weighted by atomic mass is 16.3. The van der Waals surface area contributed by atoms with E-state index in [2.05, 4.69) is 37.4 Å². The van der Waals surface area contributed by atoms with Crippen molar-refractivity contribution >= 4 is 16.9 Å². The molecule has 2 atom stereocenters. The van der Waals surface area contributed by atoms with Gasteiger partial charge in [-0.3, -0.25) is 4.79 Å². The number of rotatable bonds is 5. The van der Waals surface area contributed by atoms with Gasteiger partial charge in [-0.05, 0) is 37.5 Å². The van der Waals surface area contributed by atoms with Gasteiger partial charge in [0.05, 0.1) is 6.54 Å². The fourth-order valence-electron chi connectivity index (χ4n) is 3.70. The number of fused-ring (bicyclic) bond motifs is 1. The van der Waals surface area contributed by atoms with Gasteiger partial charge >= 0.3 is 0 Å². The predicted molar refractivity (Wildman–Crippen MR) is 96.8 cm³/mol. The van der Waals surface area contributed by atoms with Crippen molar-refractivity contribution in [2.45, 2.75) is 52.6 Å². The second-order valence-corrected chi connectivity index (χ2v) is 6.89. The van der Waals surface area contributed by atoms with E-state index in [0.29, 0.717) is 18.4 Å². The Kier molecular flexibility index (Phi) is 5.24. The lowest BCUT2D eigenvalue weighted by molar-refractivity contribution is -0.133. The normalized spacial score (nSPS) is 21.4. The minimum absolute atomic E-state index is 0.277. The molecule has 1 aromatic heterocycles. The van der Waals surface area contributed by atoms with Gasteiger partial charge < -0.3 is 14.6 Å². The van der Waals surface area contributed by atoms with Gasteiger partial charge in [-0.2, -0.15) is 0 Å². The maximum absolute atomic E-state index is 11.9. The van der Waals surface area contributed by atoms with Crippen molar-refractivity contribution in [2.24, 2.45) is 5.92 Å². The third kappa shape index (κ3) is 3.64. The summed E-state index contributed by atoms with van der Waals surface area (Å²) >= 11 is 0. The Morgan fingerprint density at radius 1 is 1.33 bits per heavy atom. The summed E-state index contributed by atoms with van der Waals surface area (Å²) < 4.78 is 5.93. The van der Waals surface area contributed by atoms with Gasteiger partial charge in [-0.15, -0.1) is 0 Å². The number of nitrogens with one attached hydrogen (secondary N) is 1. The average molecular weight is 328 g/mol. The van der Waals surface area contributed by atoms with Crippen molar-refractivity contribution in [3.63, 3.8) is 0 Å². The van der Waals surface area contributed by atoms with E-state index >= 15 is 0 Å². The van der Waals surface area contributed by atoms with Crippen LogP contribution in [-0.2, 0) is 11.3 Å². The number of amides is 1. The van der Waals surface area contributed by atoms with Crippen LogP contribution < -0.4 is 5.32 Å². The van der Waals surface area contributed by atoms with Crippen molar-refractivity contribution in [3.8, 4) is 0 Å². The third-order valence-electron chi connectivity index (χ3n) is 5.17. The zero-order chi connectivity index (χ0) is 17.1. The smallest absolute Gasteiger partial charge is 0.222 e. The molecule has 2 aromatic rings. The Bertz CT molecular complexity index is 707. The molecule has 24 heavy (non-hydrogen) atoms. The standard InChI is InChI=1S/C20H28N2O2/c1-4-15-13-22(20(23)5-2)9-8-18(15)21-12-17-11-16-10-14(3)6-7-19(16)24-17/h6-7,10-11,15,18,21H,4-5,8-9,12-13H2,1-3H3. The van der Waals surface area contributed by atoms with Crippen LogP contribution in [0.2, 0.25) is 0 Å². The number of hydrogen-bond donors (Lipinski definition) is 1. The highest BCUT2D eigenvalue weighted by Crippen LogP contribution is 2.23. The molecule has 130 valence electrons. The van der Waals surface area contributed by atoms with Gasteiger partial charge in [-0.1, -0.05) is 31.9 Å². The highest BCUT2D eigenvalue weighted by Gasteiger charge is 2.29. The number of furan rings is 1. The van der Waals surface area contributed by atoms with Crippen LogP contribution in [0.5, 0.6) is 0 Å². The number of likely N-dealkylation sites (tertiary alicyclic amines) is 1. The van der Waals surface area contributed by atoms with E-state index in [0.717, 1.165) is 43.8 Å². The number of carbonyl (C=O) groups is 1. The molecule has 0 spiro atoms. The Labute approximate surface area is 144 Å². The van der Waals surface area contributed by atoms with E-state index in [1.807, 2.05) is 17.9 Å². The first-order valence-electron chi connectivity index (χ1n) is 9.11. The van der Waals surface area contributed by atoms with Crippen LogP contribution in [0, 0.1) is 12.8 Å².